The molecule has 0 aromatic carbocycles. The van der Waals surface area contributed by atoms with E-state index >= 15 is 0 Å². The lowest BCUT2D eigenvalue weighted by Crippen LogP contribution is -2.10. The third-order valence-electron chi connectivity index (χ3n) is 2.99. The maximum atomic E-state index is 8.64. The number of pyridine rings is 1. The Morgan fingerprint density at radius 1 is 1.20 bits per heavy atom. The van der Waals surface area contributed by atoms with Crippen LogP contribution in [0.1, 0.15) is 33.4 Å². The second-order valence-electron chi connectivity index (χ2n) is 4.60. The van der Waals surface area contributed by atoms with Crippen molar-refractivity contribution in [3.05, 3.63) is 30.1 Å². The van der Waals surface area contributed by atoms with Crippen LogP contribution in [0.3, 0.4) is 0 Å². The van der Waals surface area contributed by atoms with Gasteiger partial charge in [-0.05, 0) is 30.5 Å². The maximum absolute atomic E-state index is 8.64. The first kappa shape index (κ1) is 12.4. The molecule has 0 saturated heterocycles. The molecule has 0 aliphatic rings. The summed E-state index contributed by atoms with van der Waals surface area (Å²) in [6, 6.07) is 5.97. The van der Waals surface area contributed by atoms with E-state index in [0.717, 1.165) is 11.9 Å². The minimum absolute atomic E-state index is 0.458. The number of nitrogens with zero attached hydrogens (tertiary/aromatic N) is 1. The van der Waals surface area contributed by atoms with Crippen molar-refractivity contribution < 1.29 is 0 Å². The highest BCUT2D eigenvalue weighted by molar-refractivity contribution is 7.65. The molecule has 0 atom stereocenters. The molecule has 0 aliphatic carbocycles. The highest BCUT2D eigenvalue weighted by atomic mass is 31.2. The Hall–Kier alpha value is -0.620. The van der Waals surface area contributed by atoms with Gasteiger partial charge in [-0.25, -0.2) is 0 Å². The van der Waals surface area contributed by atoms with Gasteiger partial charge in [0.2, 0.25) is 0 Å². The molecule has 0 bridgehead atoms. The second kappa shape index (κ2) is 4.94. The van der Waals surface area contributed by atoms with Crippen LogP contribution >= 0.6 is 7.05 Å². The molecule has 2 nitrogen and oxygen atoms in total. The van der Waals surface area contributed by atoms with Crippen LogP contribution in [0.4, 0.5) is 0 Å². The zero-order chi connectivity index (χ0) is 11.5. The van der Waals surface area contributed by atoms with Crippen LogP contribution in [0.15, 0.2) is 24.4 Å². The summed E-state index contributed by atoms with van der Waals surface area (Å²) in [6.07, 6.45) is 2.67. The van der Waals surface area contributed by atoms with E-state index in [1.165, 1.54) is 0 Å². The van der Waals surface area contributed by atoms with Crippen molar-refractivity contribution in [3.8, 4) is 0 Å². The van der Waals surface area contributed by atoms with E-state index in [4.69, 9.17) is 5.16 Å². The van der Waals surface area contributed by atoms with Gasteiger partial charge >= 0.3 is 0 Å². The van der Waals surface area contributed by atoms with E-state index in [0.29, 0.717) is 11.3 Å². The van der Waals surface area contributed by atoms with Crippen LogP contribution in [-0.2, 0) is 6.16 Å². The summed E-state index contributed by atoms with van der Waals surface area (Å²) in [4.78, 5) is 4.34. The van der Waals surface area contributed by atoms with E-state index in [-0.39, 0.29) is 0 Å². The maximum Gasteiger partial charge on any atom is 0.0460 e. The lowest BCUT2D eigenvalue weighted by atomic mass is 10.4. The normalized spacial score (nSPS) is 12.4. The molecule has 0 fully saturated rings. The van der Waals surface area contributed by atoms with E-state index in [1.807, 2.05) is 24.4 Å². The quantitative estimate of drug-likeness (QED) is 0.765. The second-order valence-corrected chi connectivity index (χ2v) is 8.84. The molecule has 0 radical (unpaired) electrons. The molecule has 0 aliphatic heterocycles. The van der Waals surface area contributed by atoms with Crippen LogP contribution in [0.5, 0.6) is 0 Å². The van der Waals surface area contributed by atoms with Crippen LogP contribution in [0, 0.1) is 5.16 Å². The van der Waals surface area contributed by atoms with Crippen molar-refractivity contribution >= 4 is 7.05 Å². The fourth-order valence-electron chi connectivity index (χ4n) is 1.72. The van der Waals surface area contributed by atoms with Gasteiger partial charge in [0.25, 0.3) is 0 Å². The van der Waals surface area contributed by atoms with Gasteiger partial charge in [-0.2, -0.15) is 0 Å². The Labute approximate surface area is 93.0 Å². The first-order valence-electron chi connectivity index (χ1n) is 5.49. The van der Waals surface area contributed by atoms with Crippen molar-refractivity contribution in [2.75, 3.05) is 0 Å². The van der Waals surface area contributed by atoms with Crippen molar-refractivity contribution in [2.24, 2.45) is 0 Å². The summed E-state index contributed by atoms with van der Waals surface area (Å²) in [7, 11) is -1.65. The lowest BCUT2D eigenvalue weighted by Gasteiger charge is -2.30. The fourth-order valence-corrected chi connectivity index (χ4v) is 4.37. The van der Waals surface area contributed by atoms with Crippen molar-refractivity contribution in [1.29, 1.82) is 5.16 Å². The average Bonchev–Trinajstić information content (AvgIpc) is 2.18. The average molecular weight is 224 g/mol. The Balaban J connectivity index is 2.91. The molecule has 3 heteroatoms. The zero-order valence-corrected chi connectivity index (χ0v) is 11.0. The van der Waals surface area contributed by atoms with Crippen LogP contribution in [0.25, 0.3) is 0 Å². The van der Waals surface area contributed by atoms with Gasteiger partial charge in [0.15, 0.2) is 0 Å². The molecule has 0 spiro atoms. The largest absolute Gasteiger partial charge is 0.318 e. The van der Waals surface area contributed by atoms with Crippen molar-refractivity contribution in [2.45, 2.75) is 45.2 Å². The number of rotatable bonds is 4. The van der Waals surface area contributed by atoms with Gasteiger partial charge in [-0.1, -0.05) is 33.8 Å². The van der Waals surface area contributed by atoms with E-state index in [2.05, 4.69) is 32.7 Å². The molecule has 1 aromatic heterocycles. The molecule has 84 valence electrons. The summed E-state index contributed by atoms with van der Waals surface area (Å²) in [5.41, 5.74) is 1.99. The zero-order valence-electron chi connectivity index (χ0n) is 10.1. The minimum Gasteiger partial charge on any atom is -0.318 e. The molecule has 0 unspecified atom stereocenters. The van der Waals surface area contributed by atoms with Gasteiger partial charge in [0.05, 0.1) is 0 Å². The molecule has 1 N–H and O–H groups in total. The van der Waals surface area contributed by atoms with E-state index in [9.17, 15) is 0 Å². The van der Waals surface area contributed by atoms with Crippen LogP contribution in [0.2, 0.25) is 0 Å². The predicted octanol–water partition coefficient (Wildman–Crippen LogP) is 4.18. The third-order valence-corrected chi connectivity index (χ3v) is 7.53. The molecular weight excluding hydrogens is 203 g/mol. The molecule has 1 rings (SSSR count). The van der Waals surface area contributed by atoms with Crippen LogP contribution in [-0.4, -0.2) is 16.3 Å². The van der Waals surface area contributed by atoms with Crippen molar-refractivity contribution in [1.82, 2.24) is 4.98 Å². The third kappa shape index (κ3) is 2.92. The smallest absolute Gasteiger partial charge is 0.0460 e. The molecule has 15 heavy (non-hydrogen) atoms. The Kier molecular flexibility index (Phi) is 4.10. The molecule has 1 aromatic rings. The summed E-state index contributed by atoms with van der Waals surface area (Å²) >= 11 is 0. The summed E-state index contributed by atoms with van der Waals surface area (Å²) in [5.74, 6) is 0. The minimum atomic E-state index is -1.65. The van der Waals surface area contributed by atoms with Gasteiger partial charge < -0.3 is 5.16 Å². The fraction of sp³-hybridized carbons (Fsp3) is 0.583. The number of hydrogen-bond acceptors (Lipinski definition) is 2. The van der Waals surface area contributed by atoms with Gasteiger partial charge in [-0.3, -0.25) is 4.98 Å². The number of hydrogen-bond donors (Lipinski definition) is 1. The van der Waals surface area contributed by atoms with Gasteiger partial charge in [0.1, 0.15) is 0 Å². The predicted molar refractivity (Wildman–Crippen MR) is 67.9 cm³/mol. The molecule has 0 amide bonds. The van der Waals surface area contributed by atoms with Gasteiger partial charge in [-0.15, -0.1) is 0 Å². The molecule has 0 saturated carbocycles. The number of aromatic nitrogens is 1. The Morgan fingerprint density at radius 2 is 1.80 bits per heavy atom. The number of nitrogens with one attached hydrogen (secondary N) is 1. The van der Waals surface area contributed by atoms with Crippen molar-refractivity contribution in [3.63, 3.8) is 0 Å². The first-order valence-corrected chi connectivity index (χ1v) is 7.60. The molecular formula is C12H21N2P. The standard InChI is InChI=1S/C12H21N2P/c1-10(2)15(13,11(3)4)9-12-7-5-6-8-14-12/h5-8,10-11,13H,9H2,1-4H3. The highest BCUT2D eigenvalue weighted by Crippen LogP contribution is 2.57. The van der Waals surface area contributed by atoms with E-state index < -0.39 is 7.05 Å². The van der Waals surface area contributed by atoms with Crippen LogP contribution < -0.4 is 0 Å². The summed E-state index contributed by atoms with van der Waals surface area (Å²) < 4.78 is 0. The van der Waals surface area contributed by atoms with E-state index in [1.54, 1.807) is 0 Å². The summed E-state index contributed by atoms with van der Waals surface area (Å²) in [6.45, 7) is 8.68. The topological polar surface area (TPSA) is 36.7 Å². The highest BCUT2D eigenvalue weighted by Gasteiger charge is 2.25. The summed E-state index contributed by atoms with van der Waals surface area (Å²) in [5, 5.41) is 8.64. The van der Waals surface area contributed by atoms with Gasteiger partial charge in [0, 0.05) is 18.1 Å². The first-order chi connectivity index (χ1) is 6.97. The Morgan fingerprint density at radius 3 is 2.20 bits per heavy atom. The Bertz CT molecular complexity index is 332. The molecule has 1 heterocycles. The monoisotopic (exact) mass is 224 g/mol. The lowest BCUT2D eigenvalue weighted by molar-refractivity contribution is 0.958. The SMILES string of the molecule is CC(C)P(=N)(Cc1ccccn1)C(C)C.